The number of halogens is 2. The number of alkyl halides is 2. The molecule has 1 heterocycles. The van der Waals surface area contributed by atoms with Gasteiger partial charge >= 0.3 is 0 Å². The summed E-state index contributed by atoms with van der Waals surface area (Å²) in [6.45, 7) is 0.909. The molecule has 0 aliphatic carbocycles. The number of hydrogen-bond donors (Lipinski definition) is 1. The van der Waals surface area contributed by atoms with Crippen molar-refractivity contribution in [1.82, 2.24) is 5.32 Å². The standard InChI is InChI=1S/C6H7F2N2/c1-6(7,8)5-4-9-2-3-10-5/h3,9H,4H2,1H3. The molecule has 0 aromatic rings. The Hall–Kier alpha value is -0.930. The van der Waals surface area contributed by atoms with Crippen LogP contribution in [0.2, 0.25) is 0 Å². The summed E-state index contributed by atoms with van der Waals surface area (Å²) in [5.74, 6) is -2.81. The molecule has 0 atom stereocenters. The van der Waals surface area contributed by atoms with Gasteiger partial charge in [-0.3, -0.25) is 4.99 Å². The molecule has 1 aliphatic rings. The van der Waals surface area contributed by atoms with E-state index in [0.717, 1.165) is 6.92 Å². The van der Waals surface area contributed by atoms with Crippen molar-refractivity contribution in [3.05, 3.63) is 12.4 Å². The van der Waals surface area contributed by atoms with Gasteiger partial charge in [-0.2, -0.15) is 0 Å². The van der Waals surface area contributed by atoms with Crippen molar-refractivity contribution in [3.8, 4) is 0 Å². The van der Waals surface area contributed by atoms with Crippen LogP contribution in [-0.4, -0.2) is 18.2 Å². The highest BCUT2D eigenvalue weighted by molar-refractivity contribution is 5.93. The van der Waals surface area contributed by atoms with Gasteiger partial charge in [0.15, 0.2) is 0 Å². The van der Waals surface area contributed by atoms with E-state index in [0.29, 0.717) is 0 Å². The predicted molar refractivity (Wildman–Crippen MR) is 33.9 cm³/mol. The minimum atomic E-state index is -2.81. The maximum atomic E-state index is 12.4. The number of hydrogen-bond acceptors (Lipinski definition) is 2. The second-order valence-electron chi connectivity index (χ2n) is 2.09. The van der Waals surface area contributed by atoms with Crippen LogP contribution in [0.3, 0.4) is 0 Å². The van der Waals surface area contributed by atoms with Gasteiger partial charge in [-0.15, -0.1) is 0 Å². The average Bonchev–Trinajstić information content (AvgIpc) is 1.88. The molecule has 1 aliphatic heterocycles. The van der Waals surface area contributed by atoms with Crippen molar-refractivity contribution in [2.75, 3.05) is 6.54 Å². The fraction of sp³-hybridized carbons (Fsp3) is 0.500. The zero-order valence-electron chi connectivity index (χ0n) is 5.49. The molecule has 0 amide bonds. The van der Waals surface area contributed by atoms with Crippen molar-refractivity contribution in [3.63, 3.8) is 0 Å². The normalized spacial score (nSPS) is 18.1. The highest BCUT2D eigenvalue weighted by Gasteiger charge is 2.29. The monoisotopic (exact) mass is 145 g/mol. The molecule has 0 saturated carbocycles. The van der Waals surface area contributed by atoms with Gasteiger partial charge in [0.05, 0.1) is 18.9 Å². The predicted octanol–water partition coefficient (Wildman–Crippen LogP) is 0.960. The van der Waals surface area contributed by atoms with E-state index in [-0.39, 0.29) is 12.3 Å². The highest BCUT2D eigenvalue weighted by atomic mass is 19.3. The van der Waals surface area contributed by atoms with Crippen LogP contribution in [-0.2, 0) is 0 Å². The Morgan fingerprint density at radius 3 is 2.80 bits per heavy atom. The largest absolute Gasteiger partial charge is 0.377 e. The molecule has 0 unspecified atom stereocenters. The second kappa shape index (κ2) is 2.36. The smallest absolute Gasteiger partial charge is 0.284 e. The summed E-state index contributed by atoms with van der Waals surface area (Å²) >= 11 is 0. The lowest BCUT2D eigenvalue weighted by atomic mass is 10.2. The molecule has 0 aromatic carbocycles. The quantitative estimate of drug-likeness (QED) is 0.584. The van der Waals surface area contributed by atoms with E-state index in [1.54, 1.807) is 0 Å². The number of aliphatic imine (C=N–C) groups is 1. The molecule has 0 bridgehead atoms. The van der Waals surface area contributed by atoms with Crippen molar-refractivity contribution < 1.29 is 8.78 Å². The summed E-state index contributed by atoms with van der Waals surface area (Å²) in [5, 5.41) is 2.53. The summed E-state index contributed by atoms with van der Waals surface area (Å²) in [6, 6.07) is 0. The molecular weight excluding hydrogens is 138 g/mol. The number of nitrogens with one attached hydrogen (secondary N) is 1. The van der Waals surface area contributed by atoms with Crippen LogP contribution in [0, 0.1) is 6.20 Å². The van der Waals surface area contributed by atoms with Crippen molar-refractivity contribution in [2.24, 2.45) is 4.99 Å². The number of nitrogens with zero attached hydrogens (tertiary/aromatic N) is 1. The van der Waals surface area contributed by atoms with E-state index in [4.69, 9.17) is 0 Å². The first kappa shape index (κ1) is 7.18. The second-order valence-corrected chi connectivity index (χ2v) is 2.09. The molecule has 1 rings (SSSR count). The molecule has 2 nitrogen and oxygen atoms in total. The zero-order chi connectivity index (χ0) is 7.61. The third-order valence-corrected chi connectivity index (χ3v) is 1.15. The topological polar surface area (TPSA) is 24.4 Å². The SMILES string of the molecule is CC(F)(F)C1=NC=[C]NC1. The van der Waals surface area contributed by atoms with E-state index >= 15 is 0 Å². The lowest BCUT2D eigenvalue weighted by Gasteiger charge is -2.14. The fourth-order valence-corrected chi connectivity index (χ4v) is 0.605. The number of rotatable bonds is 1. The Bertz CT molecular complexity index is 179. The lowest BCUT2D eigenvalue weighted by molar-refractivity contribution is 0.0985. The molecule has 0 aromatic heterocycles. The minimum absolute atomic E-state index is 0.0833. The first-order chi connectivity index (χ1) is 4.61. The fourth-order valence-electron chi connectivity index (χ4n) is 0.605. The summed E-state index contributed by atoms with van der Waals surface area (Å²) in [5.41, 5.74) is -0.147. The third-order valence-electron chi connectivity index (χ3n) is 1.15. The van der Waals surface area contributed by atoms with E-state index < -0.39 is 5.92 Å². The van der Waals surface area contributed by atoms with Crippen molar-refractivity contribution >= 4 is 5.71 Å². The van der Waals surface area contributed by atoms with E-state index in [2.05, 4.69) is 16.5 Å². The van der Waals surface area contributed by atoms with Gasteiger partial charge in [0.25, 0.3) is 5.92 Å². The maximum absolute atomic E-state index is 12.4. The molecule has 10 heavy (non-hydrogen) atoms. The van der Waals surface area contributed by atoms with Gasteiger partial charge < -0.3 is 5.32 Å². The molecule has 4 heteroatoms. The summed E-state index contributed by atoms with van der Waals surface area (Å²) in [6.07, 6.45) is 3.70. The van der Waals surface area contributed by atoms with Gasteiger partial charge in [-0.25, -0.2) is 8.78 Å². The van der Waals surface area contributed by atoms with Crippen molar-refractivity contribution in [2.45, 2.75) is 12.8 Å². The first-order valence-corrected chi connectivity index (χ1v) is 2.86. The Morgan fingerprint density at radius 1 is 1.80 bits per heavy atom. The maximum Gasteiger partial charge on any atom is 0.284 e. The highest BCUT2D eigenvalue weighted by Crippen LogP contribution is 2.14. The van der Waals surface area contributed by atoms with Crippen LogP contribution < -0.4 is 5.32 Å². The summed E-state index contributed by atoms with van der Waals surface area (Å²) < 4.78 is 24.8. The van der Waals surface area contributed by atoms with Gasteiger partial charge in [-0.05, 0) is 0 Å². The van der Waals surface area contributed by atoms with Gasteiger partial charge in [0, 0.05) is 6.92 Å². The molecule has 0 saturated heterocycles. The molecular formula is C6H7F2N2. The van der Waals surface area contributed by atoms with Crippen LogP contribution in [0.15, 0.2) is 11.2 Å². The van der Waals surface area contributed by atoms with E-state index in [9.17, 15) is 8.78 Å². The van der Waals surface area contributed by atoms with Crippen LogP contribution in [0.25, 0.3) is 0 Å². The minimum Gasteiger partial charge on any atom is -0.377 e. The molecule has 1 N–H and O–H groups in total. The lowest BCUT2D eigenvalue weighted by Crippen LogP contribution is -2.34. The first-order valence-electron chi connectivity index (χ1n) is 2.86. The van der Waals surface area contributed by atoms with E-state index in [1.807, 2.05) is 0 Å². The molecule has 0 spiro atoms. The summed E-state index contributed by atoms with van der Waals surface area (Å²) in [7, 11) is 0. The van der Waals surface area contributed by atoms with Crippen LogP contribution in [0.1, 0.15) is 6.92 Å². The Kier molecular flexibility index (Phi) is 1.70. The Balaban J connectivity index is 2.72. The van der Waals surface area contributed by atoms with Crippen LogP contribution >= 0.6 is 0 Å². The Labute approximate surface area is 57.6 Å². The van der Waals surface area contributed by atoms with Crippen molar-refractivity contribution in [1.29, 1.82) is 0 Å². The zero-order valence-corrected chi connectivity index (χ0v) is 5.49. The van der Waals surface area contributed by atoms with Gasteiger partial charge in [-0.1, -0.05) is 0 Å². The van der Waals surface area contributed by atoms with Crippen LogP contribution in [0.4, 0.5) is 8.78 Å². The molecule has 0 fully saturated rings. The summed E-state index contributed by atoms with van der Waals surface area (Å²) in [4.78, 5) is 3.47. The van der Waals surface area contributed by atoms with Gasteiger partial charge in [0.2, 0.25) is 0 Å². The van der Waals surface area contributed by atoms with Gasteiger partial charge in [0.1, 0.15) is 5.71 Å². The molecule has 55 valence electrons. The third kappa shape index (κ3) is 1.52. The van der Waals surface area contributed by atoms with Crippen LogP contribution in [0.5, 0.6) is 0 Å². The van der Waals surface area contributed by atoms with E-state index in [1.165, 1.54) is 6.20 Å². The Morgan fingerprint density at radius 2 is 2.50 bits per heavy atom. The molecule has 1 radical (unpaired) electrons. The average molecular weight is 145 g/mol.